The monoisotopic (exact) mass is 286 g/mol. The van der Waals surface area contributed by atoms with Crippen molar-refractivity contribution >= 4 is 43.8 Å². The van der Waals surface area contributed by atoms with Crippen LogP contribution in [0.2, 0.25) is 0 Å². The molecule has 0 spiro atoms. The topological polar surface area (TPSA) is 43.4 Å². The lowest BCUT2D eigenvalue weighted by Crippen LogP contribution is -2.16. The summed E-state index contributed by atoms with van der Waals surface area (Å²) in [6.07, 6.45) is 0. The number of fused-ring (bicyclic) bond motifs is 1. The van der Waals surface area contributed by atoms with Gasteiger partial charge in [0.15, 0.2) is 0 Å². The van der Waals surface area contributed by atoms with Gasteiger partial charge in [0.2, 0.25) is 0 Å². The molecule has 0 unspecified atom stereocenters. The summed E-state index contributed by atoms with van der Waals surface area (Å²) in [5, 5.41) is 1.96. The maximum absolute atomic E-state index is 11.5. The van der Waals surface area contributed by atoms with Gasteiger partial charge in [0, 0.05) is 9.40 Å². The summed E-state index contributed by atoms with van der Waals surface area (Å²) in [6.45, 7) is 5.91. The maximum Gasteiger partial charge on any atom is 0.380 e. The average molecular weight is 286 g/mol. The summed E-state index contributed by atoms with van der Waals surface area (Å²) >= 11 is 2.88. The Hall–Kier alpha value is -1.20. The molecule has 0 radical (unpaired) electrons. The Bertz CT molecular complexity index is 483. The molecule has 0 aliphatic heterocycles. The van der Waals surface area contributed by atoms with Gasteiger partial charge in [0.05, 0.1) is 11.5 Å². The minimum atomic E-state index is -0.772. The normalized spacial score (nSPS) is 9.06. The Morgan fingerprint density at radius 3 is 2.50 bits per heavy atom. The van der Waals surface area contributed by atoms with Crippen LogP contribution in [0.15, 0.2) is 17.5 Å². The van der Waals surface area contributed by atoms with Crippen molar-refractivity contribution in [2.24, 2.45) is 0 Å². The van der Waals surface area contributed by atoms with Crippen molar-refractivity contribution in [2.45, 2.75) is 28.2 Å². The van der Waals surface area contributed by atoms with E-state index in [-0.39, 0.29) is 14.0 Å². The van der Waals surface area contributed by atoms with Gasteiger partial charge in [-0.2, -0.15) is 0 Å². The fourth-order valence-corrected chi connectivity index (χ4v) is 3.21. The third-order valence-corrected chi connectivity index (χ3v) is 3.92. The van der Waals surface area contributed by atoms with Gasteiger partial charge < -0.3 is 4.74 Å². The predicted octanol–water partition coefficient (Wildman–Crippen LogP) is 4.37. The van der Waals surface area contributed by atoms with E-state index in [1.165, 1.54) is 11.3 Å². The summed E-state index contributed by atoms with van der Waals surface area (Å²) < 4.78 is 6.72. The first-order valence-corrected chi connectivity index (χ1v) is 7.10. The van der Waals surface area contributed by atoms with E-state index in [2.05, 4.69) is 4.74 Å². The van der Waals surface area contributed by atoms with E-state index in [0.29, 0.717) is 4.88 Å². The predicted molar refractivity (Wildman–Crippen MR) is 78.7 cm³/mol. The summed E-state index contributed by atoms with van der Waals surface area (Å²) in [7, 11) is 0. The fraction of sp³-hybridized carbons (Fsp3) is 0.385. The van der Waals surface area contributed by atoms with E-state index in [1.807, 2.05) is 25.3 Å². The summed E-state index contributed by atoms with van der Waals surface area (Å²) in [5.41, 5.74) is 0. The van der Waals surface area contributed by atoms with Crippen molar-refractivity contribution < 1.29 is 14.3 Å². The highest BCUT2D eigenvalue weighted by Crippen LogP contribution is 2.30. The van der Waals surface area contributed by atoms with Crippen LogP contribution in [0.25, 0.3) is 9.40 Å². The molecule has 0 aromatic carbocycles. The molecule has 2 heterocycles. The van der Waals surface area contributed by atoms with Gasteiger partial charge >= 0.3 is 5.97 Å². The molecule has 18 heavy (non-hydrogen) atoms. The van der Waals surface area contributed by atoms with Crippen LogP contribution in [-0.4, -0.2) is 18.4 Å². The molecule has 0 fully saturated rings. The third-order valence-electron chi connectivity index (χ3n) is 1.82. The minimum absolute atomic E-state index is 0. The minimum Gasteiger partial charge on any atom is -0.460 e. The molecule has 0 N–H and O–H groups in total. The first-order chi connectivity index (χ1) is 8.22. The highest BCUT2D eigenvalue weighted by atomic mass is 32.1. The largest absolute Gasteiger partial charge is 0.460 e. The van der Waals surface area contributed by atoms with Crippen molar-refractivity contribution in [3.05, 3.63) is 22.4 Å². The second-order valence-corrected chi connectivity index (χ2v) is 4.84. The Kier molecular flexibility index (Phi) is 7.47. The molecule has 0 bridgehead atoms. The molecular weight excluding hydrogens is 268 g/mol. The zero-order chi connectivity index (χ0) is 12.8. The van der Waals surface area contributed by atoms with Gasteiger partial charge in [-0.25, -0.2) is 4.79 Å². The van der Waals surface area contributed by atoms with Gasteiger partial charge in [0.25, 0.3) is 5.78 Å². The number of ketones is 1. The van der Waals surface area contributed by atoms with Crippen LogP contribution in [0, 0.1) is 0 Å². The highest BCUT2D eigenvalue weighted by Gasteiger charge is 2.20. The van der Waals surface area contributed by atoms with Crippen molar-refractivity contribution in [1.82, 2.24) is 0 Å². The molecular formula is C13H18O3S2. The van der Waals surface area contributed by atoms with Crippen LogP contribution >= 0.6 is 22.7 Å². The lowest BCUT2D eigenvalue weighted by molar-refractivity contribution is -0.137. The van der Waals surface area contributed by atoms with Crippen LogP contribution in [0.5, 0.6) is 0 Å². The zero-order valence-corrected chi connectivity index (χ0v) is 11.6. The molecule has 5 heteroatoms. The molecule has 0 aliphatic rings. The molecule has 2 aromatic heterocycles. The van der Waals surface area contributed by atoms with Crippen molar-refractivity contribution in [2.75, 3.05) is 6.61 Å². The molecule has 0 atom stereocenters. The number of esters is 1. The van der Waals surface area contributed by atoms with E-state index in [9.17, 15) is 9.59 Å². The van der Waals surface area contributed by atoms with Crippen molar-refractivity contribution in [3.63, 3.8) is 0 Å². The van der Waals surface area contributed by atoms with Crippen LogP contribution in [0.4, 0.5) is 0 Å². The molecule has 0 saturated heterocycles. The van der Waals surface area contributed by atoms with E-state index in [4.69, 9.17) is 0 Å². The SMILES string of the molecule is C.CC.CCOC(=O)C(=O)c1cc2sccc2s1. The third kappa shape index (κ3) is 3.65. The van der Waals surface area contributed by atoms with E-state index in [1.54, 1.807) is 24.3 Å². The van der Waals surface area contributed by atoms with Gasteiger partial charge in [0.1, 0.15) is 0 Å². The molecule has 3 nitrogen and oxygen atoms in total. The quantitative estimate of drug-likeness (QED) is 0.478. The molecule has 0 saturated carbocycles. The van der Waals surface area contributed by atoms with Gasteiger partial charge in [-0.15, -0.1) is 22.7 Å². The van der Waals surface area contributed by atoms with Gasteiger partial charge in [-0.1, -0.05) is 21.3 Å². The molecule has 0 aliphatic carbocycles. The van der Waals surface area contributed by atoms with E-state index >= 15 is 0 Å². The van der Waals surface area contributed by atoms with Crippen LogP contribution in [0.1, 0.15) is 37.9 Å². The second-order valence-electron chi connectivity index (χ2n) is 2.81. The fourth-order valence-electron chi connectivity index (χ4n) is 1.17. The number of ether oxygens (including phenoxy) is 1. The summed E-state index contributed by atoms with van der Waals surface area (Å²) in [4.78, 5) is 23.2. The Labute approximate surface area is 115 Å². The Morgan fingerprint density at radius 1 is 1.28 bits per heavy atom. The number of rotatable bonds is 3. The average Bonchev–Trinajstić information content (AvgIpc) is 2.91. The molecule has 2 rings (SSSR count). The van der Waals surface area contributed by atoms with Crippen LogP contribution < -0.4 is 0 Å². The van der Waals surface area contributed by atoms with Gasteiger partial charge in [-0.3, -0.25) is 4.79 Å². The van der Waals surface area contributed by atoms with E-state index in [0.717, 1.165) is 9.40 Å². The number of carbonyl (C=O) groups excluding carboxylic acids is 2. The standard InChI is InChI=1S/C10H8O3S2.C2H6.CH4/c1-2-13-10(12)9(11)8-5-7-6(15-8)3-4-14-7;1-2;/h3-5H,2H2,1H3;1-2H3;1H4. The van der Waals surface area contributed by atoms with Crippen molar-refractivity contribution in [1.29, 1.82) is 0 Å². The zero-order valence-electron chi connectivity index (χ0n) is 9.98. The first-order valence-electron chi connectivity index (χ1n) is 5.41. The lowest BCUT2D eigenvalue weighted by Gasteiger charge is -1.97. The van der Waals surface area contributed by atoms with Crippen LogP contribution in [0.3, 0.4) is 0 Å². The molecule has 0 amide bonds. The first kappa shape index (κ1) is 16.8. The molecule has 100 valence electrons. The summed E-state index contributed by atoms with van der Waals surface area (Å²) in [6, 6.07) is 3.68. The lowest BCUT2D eigenvalue weighted by atomic mass is 10.3. The summed E-state index contributed by atoms with van der Waals surface area (Å²) in [5.74, 6) is -1.32. The van der Waals surface area contributed by atoms with Crippen molar-refractivity contribution in [3.8, 4) is 0 Å². The molecule has 2 aromatic rings. The van der Waals surface area contributed by atoms with E-state index < -0.39 is 11.8 Å². The second kappa shape index (κ2) is 8.00. The maximum atomic E-state index is 11.5. The highest BCUT2D eigenvalue weighted by molar-refractivity contribution is 7.28. The Balaban J connectivity index is 0.000000917. The van der Waals surface area contributed by atoms with Crippen LogP contribution in [-0.2, 0) is 9.53 Å². The van der Waals surface area contributed by atoms with Gasteiger partial charge in [-0.05, 0) is 24.4 Å². The number of carbonyl (C=O) groups is 2. The number of thiophene rings is 2. The smallest absolute Gasteiger partial charge is 0.380 e. The number of hydrogen-bond acceptors (Lipinski definition) is 5. The number of hydrogen-bond donors (Lipinski definition) is 0. The number of Topliss-reactive ketones (excluding diaryl/α,β-unsaturated/α-hetero) is 1. The Morgan fingerprint density at radius 2 is 1.94 bits per heavy atom.